The summed E-state index contributed by atoms with van der Waals surface area (Å²) in [6.07, 6.45) is -2.73. The molecular formula is C20H21ClF4N4O2. The van der Waals surface area contributed by atoms with Crippen molar-refractivity contribution in [1.29, 1.82) is 0 Å². The van der Waals surface area contributed by atoms with E-state index >= 15 is 0 Å². The van der Waals surface area contributed by atoms with Gasteiger partial charge in [-0.2, -0.15) is 13.2 Å². The molecule has 6 nitrogen and oxygen atoms in total. The van der Waals surface area contributed by atoms with Gasteiger partial charge in [0.2, 0.25) is 0 Å². The van der Waals surface area contributed by atoms with Gasteiger partial charge in [0.15, 0.2) is 0 Å². The summed E-state index contributed by atoms with van der Waals surface area (Å²) in [5.74, 6) is -2.13. The Bertz CT molecular complexity index is 957. The molecule has 0 spiro atoms. The van der Waals surface area contributed by atoms with Gasteiger partial charge in [-0.15, -0.1) is 0 Å². The Morgan fingerprint density at radius 2 is 2.13 bits per heavy atom. The van der Waals surface area contributed by atoms with Crippen LogP contribution in [0.15, 0.2) is 24.4 Å². The Labute approximate surface area is 181 Å². The number of fused-ring (bicyclic) bond motifs is 1. The van der Waals surface area contributed by atoms with Crippen LogP contribution < -0.4 is 5.32 Å². The Hall–Kier alpha value is -2.46. The second kappa shape index (κ2) is 9.35. The third-order valence-corrected chi connectivity index (χ3v) is 5.45. The number of alkyl halides is 3. The van der Waals surface area contributed by atoms with E-state index in [2.05, 4.69) is 15.3 Å². The molecule has 168 valence electrons. The zero-order valence-corrected chi connectivity index (χ0v) is 17.3. The van der Waals surface area contributed by atoms with E-state index in [1.165, 1.54) is 23.2 Å². The van der Waals surface area contributed by atoms with Crippen molar-refractivity contribution >= 4 is 17.6 Å². The standard InChI is InChI=1S/C20H21ClF4N4O2/c1-11(20(23,24)25)6-18-26-8-13-4-5-29(9-16(13)27-18)19(31)28-17(10-30)12-2-3-15(22)14(21)7-12/h2-3,7-8,11,17,30H,4-6,9-10H2,1H3,(H,28,31)/t11?,17-/m1/s1. The summed E-state index contributed by atoms with van der Waals surface area (Å²) in [5.41, 5.74) is 1.70. The maximum Gasteiger partial charge on any atom is 0.391 e. The molecule has 2 heterocycles. The summed E-state index contributed by atoms with van der Waals surface area (Å²) in [5, 5.41) is 12.2. The van der Waals surface area contributed by atoms with Crippen LogP contribution in [0.1, 0.15) is 35.6 Å². The number of urea groups is 1. The third kappa shape index (κ3) is 5.62. The van der Waals surface area contributed by atoms with E-state index in [-0.39, 0.29) is 23.8 Å². The number of rotatable bonds is 5. The van der Waals surface area contributed by atoms with E-state index in [0.29, 0.717) is 24.2 Å². The van der Waals surface area contributed by atoms with Crippen LogP contribution in [0.3, 0.4) is 0 Å². The van der Waals surface area contributed by atoms with Crippen LogP contribution in [0.25, 0.3) is 0 Å². The topological polar surface area (TPSA) is 78.4 Å². The molecule has 2 amide bonds. The fourth-order valence-electron chi connectivity index (χ4n) is 3.21. The van der Waals surface area contributed by atoms with Crippen molar-refractivity contribution in [3.63, 3.8) is 0 Å². The van der Waals surface area contributed by atoms with Crippen LogP contribution in [-0.2, 0) is 19.4 Å². The van der Waals surface area contributed by atoms with Crippen LogP contribution in [0.2, 0.25) is 5.02 Å². The minimum atomic E-state index is -4.34. The summed E-state index contributed by atoms with van der Waals surface area (Å²) in [6, 6.07) is 2.58. The zero-order valence-electron chi connectivity index (χ0n) is 16.6. The molecular weight excluding hydrogens is 440 g/mol. The van der Waals surface area contributed by atoms with E-state index in [9.17, 15) is 27.5 Å². The molecule has 0 fully saturated rings. The van der Waals surface area contributed by atoms with Crippen molar-refractivity contribution in [2.45, 2.75) is 38.5 Å². The number of aliphatic hydroxyl groups excluding tert-OH is 1. The molecule has 1 aliphatic rings. The van der Waals surface area contributed by atoms with Crippen LogP contribution in [0.5, 0.6) is 0 Å². The molecule has 0 aliphatic carbocycles. The van der Waals surface area contributed by atoms with Crippen molar-refractivity contribution in [2.24, 2.45) is 5.92 Å². The highest BCUT2D eigenvalue weighted by molar-refractivity contribution is 6.30. The molecule has 0 saturated carbocycles. The van der Waals surface area contributed by atoms with E-state index in [4.69, 9.17) is 11.6 Å². The molecule has 1 aliphatic heterocycles. The summed E-state index contributed by atoms with van der Waals surface area (Å²) in [6.45, 7) is 1.08. The fraction of sp³-hybridized carbons (Fsp3) is 0.450. The molecule has 1 aromatic carbocycles. The number of aliphatic hydroxyl groups is 1. The average Bonchev–Trinajstić information content (AvgIpc) is 2.72. The molecule has 2 N–H and O–H groups in total. The maximum absolute atomic E-state index is 13.4. The molecule has 1 unspecified atom stereocenters. The summed E-state index contributed by atoms with van der Waals surface area (Å²) >= 11 is 5.77. The lowest BCUT2D eigenvalue weighted by atomic mass is 10.0. The van der Waals surface area contributed by atoms with E-state index in [1.807, 2.05) is 0 Å². The van der Waals surface area contributed by atoms with Gasteiger partial charge in [-0.25, -0.2) is 19.2 Å². The minimum Gasteiger partial charge on any atom is -0.394 e. The molecule has 1 aromatic heterocycles. The lowest BCUT2D eigenvalue weighted by Gasteiger charge is -2.30. The van der Waals surface area contributed by atoms with Crippen LogP contribution in [-0.4, -0.2) is 45.3 Å². The maximum atomic E-state index is 13.4. The van der Waals surface area contributed by atoms with E-state index < -0.39 is 36.6 Å². The SMILES string of the molecule is CC(Cc1ncc2c(n1)CN(C(=O)N[C@H](CO)c1ccc(F)c(Cl)c1)CC2)C(F)(F)F. The Balaban J connectivity index is 1.69. The smallest absolute Gasteiger partial charge is 0.391 e. The van der Waals surface area contributed by atoms with Crippen molar-refractivity contribution in [2.75, 3.05) is 13.2 Å². The highest BCUT2D eigenvalue weighted by atomic mass is 35.5. The third-order valence-electron chi connectivity index (χ3n) is 5.16. The first-order valence-corrected chi connectivity index (χ1v) is 9.98. The summed E-state index contributed by atoms with van der Waals surface area (Å²) in [4.78, 5) is 22.4. The predicted octanol–water partition coefficient (Wildman–Crippen LogP) is 3.81. The number of benzene rings is 1. The number of carbonyl (C=O) groups is 1. The number of halogens is 5. The molecule has 2 atom stereocenters. The molecule has 31 heavy (non-hydrogen) atoms. The van der Waals surface area contributed by atoms with Crippen LogP contribution in [0.4, 0.5) is 22.4 Å². The number of nitrogens with zero attached hydrogens (tertiary/aromatic N) is 3. The molecule has 0 radical (unpaired) electrons. The van der Waals surface area contributed by atoms with Crippen molar-refractivity contribution in [1.82, 2.24) is 20.2 Å². The molecule has 0 bridgehead atoms. The van der Waals surface area contributed by atoms with Gasteiger partial charge in [0.25, 0.3) is 0 Å². The van der Waals surface area contributed by atoms with Gasteiger partial charge in [-0.3, -0.25) is 0 Å². The number of aromatic nitrogens is 2. The lowest BCUT2D eigenvalue weighted by Crippen LogP contribution is -2.45. The second-order valence-corrected chi connectivity index (χ2v) is 7.84. The van der Waals surface area contributed by atoms with Gasteiger partial charge in [0.1, 0.15) is 11.6 Å². The van der Waals surface area contributed by atoms with Gasteiger partial charge in [0, 0.05) is 19.2 Å². The minimum absolute atomic E-state index is 0.0695. The fourth-order valence-corrected chi connectivity index (χ4v) is 3.40. The normalized spacial score (nSPS) is 15.9. The van der Waals surface area contributed by atoms with Crippen LogP contribution in [0, 0.1) is 11.7 Å². The molecule has 3 rings (SSSR count). The number of hydrogen-bond acceptors (Lipinski definition) is 4. The predicted molar refractivity (Wildman–Crippen MR) is 105 cm³/mol. The Kier molecular flexibility index (Phi) is 7.00. The molecule has 11 heteroatoms. The Morgan fingerprint density at radius 3 is 2.77 bits per heavy atom. The highest BCUT2D eigenvalue weighted by Crippen LogP contribution is 2.28. The number of carbonyl (C=O) groups excluding carboxylic acids is 1. The highest BCUT2D eigenvalue weighted by Gasteiger charge is 2.36. The zero-order chi connectivity index (χ0) is 22.8. The van der Waals surface area contributed by atoms with Gasteiger partial charge >= 0.3 is 12.2 Å². The average molecular weight is 461 g/mol. The molecule has 2 aromatic rings. The van der Waals surface area contributed by atoms with Crippen molar-refractivity contribution in [3.05, 3.63) is 57.9 Å². The monoisotopic (exact) mass is 460 g/mol. The van der Waals surface area contributed by atoms with Gasteiger partial charge in [-0.05, 0) is 29.7 Å². The summed E-state index contributed by atoms with van der Waals surface area (Å²) in [7, 11) is 0. The Morgan fingerprint density at radius 1 is 1.39 bits per heavy atom. The first-order valence-electron chi connectivity index (χ1n) is 9.60. The van der Waals surface area contributed by atoms with Crippen LogP contribution >= 0.6 is 11.6 Å². The quantitative estimate of drug-likeness (QED) is 0.665. The number of hydrogen-bond donors (Lipinski definition) is 2. The van der Waals surface area contributed by atoms with Gasteiger partial charge in [-0.1, -0.05) is 24.6 Å². The van der Waals surface area contributed by atoms with Crippen molar-refractivity contribution < 1.29 is 27.5 Å². The number of nitrogens with one attached hydrogen (secondary N) is 1. The first kappa shape index (κ1) is 23.2. The van der Waals surface area contributed by atoms with Gasteiger partial charge in [0.05, 0.1) is 35.8 Å². The number of amides is 2. The largest absolute Gasteiger partial charge is 0.394 e. The first-order chi connectivity index (χ1) is 14.6. The summed E-state index contributed by atoms with van der Waals surface area (Å²) < 4.78 is 51.8. The van der Waals surface area contributed by atoms with E-state index in [0.717, 1.165) is 18.6 Å². The van der Waals surface area contributed by atoms with E-state index in [1.54, 1.807) is 0 Å². The van der Waals surface area contributed by atoms with Crippen molar-refractivity contribution in [3.8, 4) is 0 Å². The van der Waals surface area contributed by atoms with Gasteiger partial charge < -0.3 is 15.3 Å². The second-order valence-electron chi connectivity index (χ2n) is 7.43. The lowest BCUT2D eigenvalue weighted by molar-refractivity contribution is -0.169. The molecule has 0 saturated heterocycles.